The van der Waals surface area contributed by atoms with Crippen molar-refractivity contribution in [1.29, 1.82) is 0 Å². The minimum atomic E-state index is -0.229. The molecule has 0 N–H and O–H groups in total. The second-order valence-corrected chi connectivity index (χ2v) is 7.99. The first-order valence-electron chi connectivity index (χ1n) is 9.13. The summed E-state index contributed by atoms with van der Waals surface area (Å²) in [6.45, 7) is 0. The summed E-state index contributed by atoms with van der Waals surface area (Å²) in [4.78, 5) is 0. The summed E-state index contributed by atoms with van der Waals surface area (Å²) >= 11 is 0. The van der Waals surface area contributed by atoms with Crippen molar-refractivity contribution in [3.05, 3.63) is 119 Å². The molecular formula is C25H20LiSi. The molecule has 27 heavy (non-hydrogen) atoms. The Bertz CT molecular complexity index is 964. The number of allylic oxidation sites excluding steroid dienone is 2. The summed E-state index contributed by atoms with van der Waals surface area (Å²) in [5.41, 5.74) is 6.75. The van der Waals surface area contributed by atoms with Crippen LogP contribution in [0.15, 0.2) is 91.0 Å². The molecule has 2 aliphatic rings. The molecule has 3 radical (unpaired) electrons. The van der Waals surface area contributed by atoms with Gasteiger partial charge < -0.3 is 1.43 Å². The van der Waals surface area contributed by atoms with Crippen molar-refractivity contribution < 1.29 is 20.3 Å². The van der Waals surface area contributed by atoms with Crippen molar-refractivity contribution in [1.82, 2.24) is 0 Å². The van der Waals surface area contributed by atoms with E-state index in [1.165, 1.54) is 27.8 Å². The van der Waals surface area contributed by atoms with E-state index in [0.29, 0.717) is 0 Å². The average Bonchev–Trinajstić information content (AvgIpc) is 3.33. The van der Waals surface area contributed by atoms with E-state index in [-0.39, 0.29) is 37.2 Å². The Balaban J connectivity index is 0.00000112. The van der Waals surface area contributed by atoms with Crippen LogP contribution in [0.2, 0.25) is 0 Å². The second-order valence-electron chi connectivity index (χ2n) is 7.17. The van der Waals surface area contributed by atoms with Crippen molar-refractivity contribution in [2.24, 2.45) is 0 Å². The third kappa shape index (κ3) is 2.82. The molecular weight excluding hydrogens is 335 g/mol. The number of benzene rings is 3. The van der Waals surface area contributed by atoms with Gasteiger partial charge in [-0.15, -0.1) is 0 Å². The van der Waals surface area contributed by atoms with E-state index >= 15 is 0 Å². The molecule has 3 aromatic rings. The van der Waals surface area contributed by atoms with Crippen molar-refractivity contribution in [2.75, 3.05) is 0 Å². The molecule has 0 nitrogen and oxygen atoms in total. The van der Waals surface area contributed by atoms with Crippen LogP contribution < -0.4 is 18.9 Å². The van der Waals surface area contributed by atoms with Crippen LogP contribution in [0.5, 0.6) is 0 Å². The van der Waals surface area contributed by atoms with Gasteiger partial charge in [0.1, 0.15) is 0 Å². The maximum absolute atomic E-state index is 4.35. The predicted molar refractivity (Wildman–Crippen MR) is 111 cm³/mol. The topological polar surface area (TPSA) is 0 Å². The standard InChI is InChI=1S/C25H19Si.Li.H/c26-25(20-10-2-1-3-11-20,23-16-14-18-8-4-6-12-21(18)23)24-17-15-19-9-5-7-13-22(19)24;;/h1-17,23-24H;;/q;+1;-1. The van der Waals surface area contributed by atoms with Crippen LogP contribution in [-0.2, 0) is 5.04 Å². The quantitative estimate of drug-likeness (QED) is 0.634. The van der Waals surface area contributed by atoms with Gasteiger partial charge in [-0.05, 0) is 27.8 Å². The van der Waals surface area contributed by atoms with Gasteiger partial charge in [-0.2, -0.15) is 0 Å². The molecule has 0 fully saturated rings. The first kappa shape index (κ1) is 18.3. The Hall–Kier alpha value is -2.05. The Labute approximate surface area is 178 Å². The van der Waals surface area contributed by atoms with Crippen LogP contribution in [0.4, 0.5) is 0 Å². The van der Waals surface area contributed by atoms with E-state index in [2.05, 4.69) is 113 Å². The fourth-order valence-electron chi connectivity index (χ4n) is 4.56. The van der Waals surface area contributed by atoms with E-state index in [0.717, 1.165) is 0 Å². The van der Waals surface area contributed by atoms with Gasteiger partial charge in [-0.1, -0.05) is 103 Å². The predicted octanol–water partition coefficient (Wildman–Crippen LogP) is 2.79. The zero-order chi connectivity index (χ0) is 17.6. The molecule has 2 heteroatoms. The molecule has 2 atom stereocenters. The van der Waals surface area contributed by atoms with Gasteiger partial charge in [0.15, 0.2) is 0 Å². The molecule has 5 rings (SSSR count). The number of hydrogen-bond acceptors (Lipinski definition) is 0. The van der Waals surface area contributed by atoms with Crippen molar-refractivity contribution in [3.63, 3.8) is 0 Å². The maximum Gasteiger partial charge on any atom is 1.00 e. The van der Waals surface area contributed by atoms with E-state index in [1.807, 2.05) is 0 Å². The van der Waals surface area contributed by atoms with Crippen molar-refractivity contribution in [3.8, 4) is 0 Å². The zero-order valence-corrected chi connectivity index (χ0v) is 16.5. The number of hydrogen-bond donors (Lipinski definition) is 0. The summed E-state index contributed by atoms with van der Waals surface area (Å²) in [6, 6.07) is 28.3. The summed E-state index contributed by atoms with van der Waals surface area (Å²) < 4.78 is 0. The van der Waals surface area contributed by atoms with E-state index < -0.39 is 0 Å². The maximum atomic E-state index is 4.35. The Kier molecular flexibility index (Phi) is 4.87. The molecule has 3 aromatic carbocycles. The van der Waals surface area contributed by atoms with Gasteiger partial charge in [0.2, 0.25) is 0 Å². The van der Waals surface area contributed by atoms with E-state index in [9.17, 15) is 0 Å². The fraction of sp³-hybridized carbons (Fsp3) is 0.120. The SMILES string of the molecule is [H-].[Li+].[Si]C(c1ccccc1)(C1C=Cc2ccccc21)C1C=Cc2ccccc21. The van der Waals surface area contributed by atoms with Gasteiger partial charge in [-0.25, -0.2) is 0 Å². The fourth-order valence-corrected chi connectivity index (χ4v) is 5.23. The minimum absolute atomic E-state index is 0. The summed E-state index contributed by atoms with van der Waals surface area (Å²) in [7, 11) is 4.35. The molecule has 0 saturated carbocycles. The molecule has 0 saturated heterocycles. The van der Waals surface area contributed by atoms with Gasteiger partial charge in [0.25, 0.3) is 0 Å². The number of fused-ring (bicyclic) bond motifs is 2. The van der Waals surface area contributed by atoms with Gasteiger partial charge >= 0.3 is 18.9 Å². The second kappa shape index (κ2) is 7.17. The monoisotopic (exact) mass is 355 g/mol. The van der Waals surface area contributed by atoms with Crippen LogP contribution in [0.1, 0.15) is 41.1 Å². The van der Waals surface area contributed by atoms with Gasteiger partial charge in [-0.3, -0.25) is 0 Å². The van der Waals surface area contributed by atoms with Crippen LogP contribution in [0.3, 0.4) is 0 Å². The van der Waals surface area contributed by atoms with Crippen LogP contribution in [0, 0.1) is 0 Å². The zero-order valence-electron chi connectivity index (χ0n) is 16.5. The third-order valence-corrected chi connectivity index (χ3v) is 6.74. The normalized spacial score (nSPS) is 21.2. The first-order chi connectivity index (χ1) is 12.8. The van der Waals surface area contributed by atoms with Crippen LogP contribution in [0.25, 0.3) is 12.2 Å². The molecule has 0 bridgehead atoms. The van der Waals surface area contributed by atoms with Crippen molar-refractivity contribution in [2.45, 2.75) is 16.9 Å². The van der Waals surface area contributed by atoms with Gasteiger partial charge in [0.05, 0.1) is 0 Å². The first-order valence-corrected chi connectivity index (χ1v) is 9.63. The Morgan fingerprint density at radius 2 is 1.07 bits per heavy atom. The molecule has 0 aliphatic heterocycles. The molecule has 0 heterocycles. The summed E-state index contributed by atoms with van der Waals surface area (Å²) in [5.74, 6) is 0.553. The van der Waals surface area contributed by atoms with Crippen LogP contribution in [-0.4, -0.2) is 10.2 Å². The molecule has 2 unspecified atom stereocenters. The summed E-state index contributed by atoms with van der Waals surface area (Å²) in [5, 5.41) is -0.229. The smallest absolute Gasteiger partial charge is 1.00 e. The molecule has 0 aromatic heterocycles. The largest absolute Gasteiger partial charge is 1.00 e. The van der Waals surface area contributed by atoms with Gasteiger partial charge in [0, 0.05) is 27.1 Å². The average molecular weight is 355 g/mol. The van der Waals surface area contributed by atoms with E-state index in [1.54, 1.807) is 0 Å². The molecule has 0 spiro atoms. The van der Waals surface area contributed by atoms with E-state index in [4.69, 9.17) is 0 Å². The molecule has 2 aliphatic carbocycles. The van der Waals surface area contributed by atoms with Crippen LogP contribution >= 0.6 is 0 Å². The minimum Gasteiger partial charge on any atom is -1.00 e. The Morgan fingerprint density at radius 1 is 0.630 bits per heavy atom. The molecule has 0 amide bonds. The number of rotatable bonds is 3. The summed E-state index contributed by atoms with van der Waals surface area (Å²) in [6.07, 6.45) is 9.25. The third-order valence-electron chi connectivity index (χ3n) is 5.83. The Morgan fingerprint density at radius 3 is 1.59 bits per heavy atom. The molecule has 125 valence electrons. The van der Waals surface area contributed by atoms with Crippen molar-refractivity contribution >= 4 is 22.4 Å².